The van der Waals surface area contributed by atoms with Crippen molar-refractivity contribution < 1.29 is 9.90 Å². The van der Waals surface area contributed by atoms with Gasteiger partial charge in [0, 0.05) is 44.3 Å². The predicted octanol–water partition coefficient (Wildman–Crippen LogP) is 2.79. The summed E-state index contributed by atoms with van der Waals surface area (Å²) < 4.78 is 0. The molecular formula is C24H33N3O2. The fraction of sp³-hybridized carbons (Fsp3) is 0.458. The molecule has 1 saturated heterocycles. The monoisotopic (exact) mass is 395 g/mol. The Bertz CT molecular complexity index is 753. The van der Waals surface area contributed by atoms with Crippen molar-refractivity contribution in [2.45, 2.75) is 25.5 Å². The number of rotatable bonds is 9. The van der Waals surface area contributed by atoms with Crippen LogP contribution in [0.4, 0.5) is 0 Å². The van der Waals surface area contributed by atoms with E-state index in [0.29, 0.717) is 18.0 Å². The second-order valence-electron chi connectivity index (χ2n) is 8.25. The molecule has 1 heterocycles. The number of aliphatic hydroxyl groups is 1. The summed E-state index contributed by atoms with van der Waals surface area (Å²) in [6.45, 7) is 6.29. The number of likely N-dealkylation sites (tertiary alicyclic amines) is 1. The van der Waals surface area contributed by atoms with E-state index >= 15 is 0 Å². The van der Waals surface area contributed by atoms with Crippen molar-refractivity contribution in [1.82, 2.24) is 15.1 Å². The zero-order valence-corrected chi connectivity index (χ0v) is 17.5. The Morgan fingerprint density at radius 2 is 1.83 bits per heavy atom. The molecule has 3 atom stereocenters. The maximum atomic E-state index is 12.3. The second-order valence-corrected chi connectivity index (χ2v) is 8.25. The molecule has 0 bridgehead atoms. The molecule has 3 rings (SSSR count). The summed E-state index contributed by atoms with van der Waals surface area (Å²) in [5, 5.41) is 12.9. The number of hydrogen-bond acceptors (Lipinski definition) is 4. The van der Waals surface area contributed by atoms with Crippen molar-refractivity contribution in [1.29, 1.82) is 0 Å². The molecule has 1 aliphatic heterocycles. The summed E-state index contributed by atoms with van der Waals surface area (Å²) in [4.78, 5) is 17.0. The van der Waals surface area contributed by atoms with Crippen molar-refractivity contribution in [3.63, 3.8) is 0 Å². The van der Waals surface area contributed by atoms with Gasteiger partial charge < -0.3 is 10.4 Å². The van der Waals surface area contributed by atoms with Gasteiger partial charge in [0.25, 0.3) is 5.91 Å². The summed E-state index contributed by atoms with van der Waals surface area (Å²) in [6, 6.07) is 20.2. The lowest BCUT2D eigenvalue weighted by molar-refractivity contribution is 0.0940. The van der Waals surface area contributed by atoms with Gasteiger partial charge in [-0.15, -0.1) is 0 Å². The molecule has 1 fully saturated rings. The van der Waals surface area contributed by atoms with Crippen LogP contribution in [0.3, 0.4) is 0 Å². The predicted molar refractivity (Wildman–Crippen MR) is 117 cm³/mol. The number of likely N-dealkylation sites (N-methyl/N-ethyl adjacent to an activating group) is 1. The Kier molecular flexibility index (Phi) is 7.81. The highest BCUT2D eigenvalue weighted by atomic mass is 16.3. The van der Waals surface area contributed by atoms with Crippen molar-refractivity contribution in [3.05, 3.63) is 71.8 Å². The smallest absolute Gasteiger partial charge is 0.251 e. The van der Waals surface area contributed by atoms with E-state index in [9.17, 15) is 9.90 Å². The third kappa shape index (κ3) is 6.39. The molecule has 0 aromatic heterocycles. The van der Waals surface area contributed by atoms with Crippen LogP contribution in [-0.4, -0.2) is 66.7 Å². The molecule has 5 nitrogen and oxygen atoms in total. The first-order valence-corrected chi connectivity index (χ1v) is 10.5. The van der Waals surface area contributed by atoms with Crippen molar-refractivity contribution in [2.24, 2.45) is 5.92 Å². The summed E-state index contributed by atoms with van der Waals surface area (Å²) >= 11 is 0. The van der Waals surface area contributed by atoms with E-state index < -0.39 is 0 Å². The van der Waals surface area contributed by atoms with Crippen LogP contribution in [0.15, 0.2) is 60.7 Å². The van der Waals surface area contributed by atoms with Crippen LogP contribution in [0, 0.1) is 5.92 Å². The van der Waals surface area contributed by atoms with Gasteiger partial charge in [-0.2, -0.15) is 0 Å². The molecule has 0 spiro atoms. The summed E-state index contributed by atoms with van der Waals surface area (Å²) in [6.07, 6.45) is 0.650. The van der Waals surface area contributed by atoms with Gasteiger partial charge in [-0.05, 0) is 37.1 Å². The highest BCUT2D eigenvalue weighted by Crippen LogP contribution is 2.23. The number of nitrogens with one attached hydrogen (secondary N) is 1. The summed E-state index contributed by atoms with van der Waals surface area (Å²) in [5.41, 5.74) is 1.99. The molecule has 29 heavy (non-hydrogen) atoms. The minimum absolute atomic E-state index is 0.0224. The number of hydrogen-bond donors (Lipinski definition) is 2. The lowest BCUT2D eigenvalue weighted by Gasteiger charge is -2.33. The first-order chi connectivity index (χ1) is 14.0. The normalized spacial score (nSPS) is 19.2. The Morgan fingerprint density at radius 3 is 2.45 bits per heavy atom. The lowest BCUT2D eigenvalue weighted by Crippen LogP contribution is -2.40. The molecule has 2 N–H and O–H groups in total. The van der Waals surface area contributed by atoms with Crippen molar-refractivity contribution >= 4 is 5.91 Å². The number of benzene rings is 2. The van der Waals surface area contributed by atoms with E-state index in [2.05, 4.69) is 53.4 Å². The number of carbonyl (C=O) groups is 1. The van der Waals surface area contributed by atoms with E-state index in [1.54, 1.807) is 0 Å². The standard InChI is InChI=1S/C24H33N3O2/c1-19(15-25-24(29)21-11-7-4-8-12-21)16-26(2)23(20-9-5-3-6-10-20)18-27-14-13-22(28)17-27/h3-12,19,22-23,28H,13-18H2,1-2H3,(H,25,29)/t19?,22-,23+/m0/s1. The quantitative estimate of drug-likeness (QED) is 0.686. The van der Waals surface area contributed by atoms with E-state index in [4.69, 9.17) is 0 Å². The van der Waals surface area contributed by atoms with Crippen molar-refractivity contribution in [3.8, 4) is 0 Å². The van der Waals surface area contributed by atoms with E-state index in [0.717, 1.165) is 32.6 Å². The molecule has 2 aromatic rings. The topological polar surface area (TPSA) is 55.8 Å². The minimum Gasteiger partial charge on any atom is -0.392 e. The van der Waals surface area contributed by atoms with Crippen LogP contribution in [0.1, 0.15) is 35.3 Å². The molecule has 1 amide bonds. The Hall–Kier alpha value is -2.21. The Morgan fingerprint density at radius 1 is 1.17 bits per heavy atom. The first-order valence-electron chi connectivity index (χ1n) is 10.5. The van der Waals surface area contributed by atoms with Gasteiger partial charge in [0.2, 0.25) is 0 Å². The van der Waals surface area contributed by atoms with Gasteiger partial charge in [0.05, 0.1) is 6.10 Å². The van der Waals surface area contributed by atoms with Crippen LogP contribution in [0.25, 0.3) is 0 Å². The fourth-order valence-corrected chi connectivity index (χ4v) is 4.04. The maximum absolute atomic E-state index is 12.3. The number of carbonyl (C=O) groups excluding carboxylic acids is 1. The molecule has 0 saturated carbocycles. The SMILES string of the molecule is CC(CNC(=O)c1ccccc1)CN(C)[C@H](CN1CC[C@H](O)C1)c1ccccc1. The average Bonchev–Trinajstić information content (AvgIpc) is 3.16. The second kappa shape index (κ2) is 10.5. The zero-order valence-electron chi connectivity index (χ0n) is 17.5. The minimum atomic E-state index is -0.205. The summed E-state index contributed by atoms with van der Waals surface area (Å²) in [7, 11) is 2.15. The average molecular weight is 396 g/mol. The van der Waals surface area contributed by atoms with Crippen LogP contribution in [0.2, 0.25) is 0 Å². The van der Waals surface area contributed by atoms with Crippen LogP contribution in [0.5, 0.6) is 0 Å². The highest BCUT2D eigenvalue weighted by molar-refractivity contribution is 5.94. The Balaban J connectivity index is 1.57. The maximum Gasteiger partial charge on any atom is 0.251 e. The number of amides is 1. The van der Waals surface area contributed by atoms with Crippen LogP contribution >= 0.6 is 0 Å². The molecule has 2 aromatic carbocycles. The largest absolute Gasteiger partial charge is 0.392 e. The first kappa shape index (κ1) is 21.5. The van der Waals surface area contributed by atoms with Gasteiger partial charge in [0.15, 0.2) is 0 Å². The zero-order chi connectivity index (χ0) is 20.6. The molecule has 156 valence electrons. The third-order valence-corrected chi connectivity index (χ3v) is 5.64. The van der Waals surface area contributed by atoms with Gasteiger partial charge >= 0.3 is 0 Å². The number of β-amino-alcohol motifs (C(OH)–C–C–N with tert-alkyl or cyclic N) is 1. The number of nitrogens with zero attached hydrogens (tertiary/aromatic N) is 2. The van der Waals surface area contributed by atoms with Crippen LogP contribution in [-0.2, 0) is 0 Å². The molecule has 0 aliphatic carbocycles. The third-order valence-electron chi connectivity index (χ3n) is 5.64. The van der Waals surface area contributed by atoms with E-state index in [1.807, 2.05) is 36.4 Å². The molecule has 5 heteroatoms. The van der Waals surface area contributed by atoms with Crippen LogP contribution < -0.4 is 5.32 Å². The summed E-state index contributed by atoms with van der Waals surface area (Å²) in [5.74, 6) is 0.300. The van der Waals surface area contributed by atoms with Gasteiger partial charge in [0.1, 0.15) is 0 Å². The highest BCUT2D eigenvalue weighted by Gasteiger charge is 2.26. The van der Waals surface area contributed by atoms with E-state index in [1.165, 1.54) is 5.56 Å². The van der Waals surface area contributed by atoms with Gasteiger partial charge in [-0.25, -0.2) is 0 Å². The number of aliphatic hydroxyl groups excluding tert-OH is 1. The fourth-order valence-electron chi connectivity index (χ4n) is 4.04. The van der Waals surface area contributed by atoms with E-state index in [-0.39, 0.29) is 18.1 Å². The van der Waals surface area contributed by atoms with Gasteiger partial charge in [-0.3, -0.25) is 14.6 Å². The lowest BCUT2D eigenvalue weighted by atomic mass is 10.0. The molecule has 1 aliphatic rings. The Labute approximate surface area is 174 Å². The van der Waals surface area contributed by atoms with Crippen molar-refractivity contribution in [2.75, 3.05) is 39.8 Å². The molecule has 1 unspecified atom stereocenters. The van der Waals surface area contributed by atoms with Gasteiger partial charge in [-0.1, -0.05) is 55.5 Å². The molecular weight excluding hydrogens is 362 g/mol. The molecule has 0 radical (unpaired) electrons.